The predicted molar refractivity (Wildman–Crippen MR) is 73.2 cm³/mol. The van der Waals surface area contributed by atoms with Crippen molar-refractivity contribution in [3.8, 4) is 0 Å². The van der Waals surface area contributed by atoms with Gasteiger partial charge in [-0.05, 0) is 6.42 Å². The molecule has 0 heterocycles. The molecule has 0 fully saturated rings. The molecule has 0 saturated carbocycles. The van der Waals surface area contributed by atoms with Gasteiger partial charge in [0.05, 0.1) is 11.5 Å². The second-order valence-corrected chi connectivity index (χ2v) is 4.46. The smallest absolute Gasteiger partial charge is 0.293 e. The zero-order chi connectivity index (χ0) is 21.6. The third-order valence-corrected chi connectivity index (χ3v) is 2.89. The zero-order valence-electron chi connectivity index (χ0n) is 13.1. The highest BCUT2D eigenvalue weighted by atomic mass is 16.9. The SMILES string of the molecule is CCCCOC(OC([N+](=O)[O-])([N+](=O)[O-])C([N+](=O)[O-])([N+](=O)[O-])[N+](=O)[O-])[N+](=O)[O-]. The molecule has 0 aromatic heterocycles. The summed E-state index contributed by atoms with van der Waals surface area (Å²) in [4.78, 5) is 51.8. The van der Waals surface area contributed by atoms with Crippen LogP contribution in [-0.2, 0) is 9.47 Å². The summed E-state index contributed by atoms with van der Waals surface area (Å²) in [5.41, 5.74) is 0. The average Bonchev–Trinajstić information content (AvgIpc) is 2.50. The summed E-state index contributed by atoms with van der Waals surface area (Å²) in [6.07, 6.45) is -2.85. The summed E-state index contributed by atoms with van der Waals surface area (Å²) in [5, 5.41) is 66.2. The molecule has 20 heteroatoms. The summed E-state index contributed by atoms with van der Waals surface area (Å²) < 4.78 is 8.11. The molecule has 0 amide bonds. The van der Waals surface area contributed by atoms with E-state index in [9.17, 15) is 60.7 Å². The lowest BCUT2D eigenvalue weighted by atomic mass is 10.2. The third kappa shape index (κ3) is 3.79. The Hall–Kier alpha value is -3.68. The molecule has 0 aromatic rings. The molecule has 1 unspecified atom stereocenters. The Morgan fingerprint density at radius 3 is 1.44 bits per heavy atom. The molecule has 0 aliphatic rings. The number of ether oxygens (including phenoxy) is 2. The van der Waals surface area contributed by atoms with E-state index in [4.69, 9.17) is 0 Å². The highest BCUT2D eigenvalue weighted by molar-refractivity contribution is 4.69. The lowest BCUT2D eigenvalue weighted by Gasteiger charge is -2.18. The summed E-state index contributed by atoms with van der Waals surface area (Å²) in [7, 11) is 0. The maximum atomic E-state index is 11.2. The van der Waals surface area contributed by atoms with Gasteiger partial charge in [-0.15, -0.1) is 4.74 Å². The van der Waals surface area contributed by atoms with Gasteiger partial charge in [-0.25, -0.2) is 0 Å². The van der Waals surface area contributed by atoms with Crippen LogP contribution >= 0.6 is 0 Å². The van der Waals surface area contributed by atoms with E-state index < -0.39 is 54.2 Å². The van der Waals surface area contributed by atoms with Crippen LogP contribution in [0.15, 0.2) is 0 Å². The van der Waals surface area contributed by atoms with Gasteiger partial charge in [0.2, 0.25) is 0 Å². The van der Waals surface area contributed by atoms with Crippen LogP contribution in [0.5, 0.6) is 0 Å². The van der Waals surface area contributed by atoms with Crippen molar-refractivity contribution < 1.29 is 39.0 Å². The second kappa shape index (κ2) is 8.61. The third-order valence-electron chi connectivity index (χ3n) is 2.89. The van der Waals surface area contributed by atoms with Crippen molar-refractivity contribution in [2.45, 2.75) is 37.8 Å². The number of nitrogens with zero attached hydrogens (tertiary/aromatic N) is 6. The first-order valence-corrected chi connectivity index (χ1v) is 6.49. The van der Waals surface area contributed by atoms with Crippen molar-refractivity contribution in [3.05, 3.63) is 60.7 Å². The molecular weight excluding hydrogens is 392 g/mol. The van der Waals surface area contributed by atoms with Gasteiger partial charge in [0.25, 0.3) is 0 Å². The molecule has 0 aliphatic heterocycles. The molecule has 0 aromatic carbocycles. The quantitative estimate of drug-likeness (QED) is 0.156. The molecule has 0 bridgehead atoms. The first-order chi connectivity index (χ1) is 12.3. The van der Waals surface area contributed by atoms with Gasteiger partial charge in [-0.2, -0.15) is 0 Å². The minimum Gasteiger partial charge on any atom is -0.293 e. The van der Waals surface area contributed by atoms with Gasteiger partial charge in [-0.3, -0.25) is 65.4 Å². The van der Waals surface area contributed by atoms with Crippen LogP contribution in [0.3, 0.4) is 0 Å². The standard InChI is InChI=1S/C7H10N6O14/c1-2-3-4-26-5(8(14)15)27-7(12(22)23,13(24)25)6(9(16)17,10(18)19)11(20)21/h5H,2-4H2,1H3. The first kappa shape index (κ1) is 23.3. The van der Waals surface area contributed by atoms with E-state index >= 15 is 0 Å². The van der Waals surface area contributed by atoms with Gasteiger partial charge >= 0.3 is 18.0 Å². The molecular formula is C7H10N6O14. The maximum Gasteiger partial charge on any atom is 0.874 e. The number of nitro groups is 6. The normalized spacial score (nSPS) is 12.8. The molecule has 0 spiro atoms. The minimum atomic E-state index is -5.47. The molecule has 1 atom stereocenters. The van der Waals surface area contributed by atoms with Crippen LogP contribution in [0, 0.1) is 60.7 Å². The first-order valence-electron chi connectivity index (χ1n) is 6.49. The van der Waals surface area contributed by atoms with E-state index in [0.717, 1.165) is 0 Å². The van der Waals surface area contributed by atoms with Crippen molar-refractivity contribution in [2.75, 3.05) is 6.61 Å². The van der Waals surface area contributed by atoms with Crippen molar-refractivity contribution in [2.24, 2.45) is 0 Å². The lowest BCUT2D eigenvalue weighted by molar-refractivity contribution is -1.08. The van der Waals surface area contributed by atoms with Crippen LogP contribution in [0.2, 0.25) is 0 Å². The Morgan fingerprint density at radius 2 is 1.19 bits per heavy atom. The molecule has 0 radical (unpaired) electrons. The minimum absolute atomic E-state index is 0.0441. The Morgan fingerprint density at radius 1 is 0.778 bits per heavy atom. The molecule has 0 N–H and O–H groups in total. The van der Waals surface area contributed by atoms with E-state index in [2.05, 4.69) is 9.47 Å². The topological polar surface area (TPSA) is 277 Å². The molecule has 0 saturated heterocycles. The maximum absolute atomic E-state index is 11.2. The molecule has 20 nitrogen and oxygen atoms in total. The summed E-state index contributed by atoms with van der Waals surface area (Å²) in [6.45, 7) is 0.941. The molecule has 27 heavy (non-hydrogen) atoms. The van der Waals surface area contributed by atoms with Crippen molar-refractivity contribution in [3.63, 3.8) is 0 Å². The lowest BCUT2D eigenvalue weighted by Crippen LogP contribution is -2.77. The highest BCUT2D eigenvalue weighted by Gasteiger charge is 3.07. The summed E-state index contributed by atoms with van der Waals surface area (Å²) >= 11 is 0. The second-order valence-electron chi connectivity index (χ2n) is 4.46. The molecule has 0 rings (SSSR count). The number of rotatable bonds is 13. The van der Waals surface area contributed by atoms with E-state index in [1.54, 1.807) is 6.92 Å². The fraction of sp³-hybridized carbons (Fsp3) is 1.00. The highest BCUT2D eigenvalue weighted by Crippen LogP contribution is 2.34. The van der Waals surface area contributed by atoms with Gasteiger partial charge in [0.1, 0.15) is 0 Å². The largest absolute Gasteiger partial charge is 0.874 e. The summed E-state index contributed by atoms with van der Waals surface area (Å²) in [6, 6.07) is 0. The number of hydrogen-bond acceptors (Lipinski definition) is 14. The van der Waals surface area contributed by atoms with Gasteiger partial charge in [-0.1, -0.05) is 13.3 Å². The predicted octanol–water partition coefficient (Wildman–Crippen LogP) is -0.929. The molecule has 0 aliphatic carbocycles. The van der Waals surface area contributed by atoms with E-state index in [1.165, 1.54) is 0 Å². The summed E-state index contributed by atoms with van der Waals surface area (Å²) in [5.74, 6) is -10.8. The van der Waals surface area contributed by atoms with Crippen LogP contribution < -0.4 is 0 Å². The Bertz CT molecular complexity index is 612. The van der Waals surface area contributed by atoms with Crippen molar-refractivity contribution >= 4 is 0 Å². The monoisotopic (exact) mass is 402 g/mol. The number of unbranched alkanes of at least 4 members (excludes halogenated alkanes) is 1. The van der Waals surface area contributed by atoms with Crippen molar-refractivity contribution in [1.82, 2.24) is 0 Å². The Labute approximate surface area is 145 Å². The van der Waals surface area contributed by atoms with Crippen LogP contribution in [0.25, 0.3) is 0 Å². The van der Waals surface area contributed by atoms with E-state index in [0.29, 0.717) is 6.42 Å². The van der Waals surface area contributed by atoms with Crippen LogP contribution in [-0.4, -0.2) is 54.2 Å². The van der Waals surface area contributed by atoms with Crippen LogP contribution in [0.1, 0.15) is 19.8 Å². The van der Waals surface area contributed by atoms with Crippen LogP contribution in [0.4, 0.5) is 0 Å². The van der Waals surface area contributed by atoms with E-state index in [1.807, 2.05) is 0 Å². The Kier molecular flexibility index (Phi) is 7.44. The van der Waals surface area contributed by atoms with Gasteiger partial charge in [0, 0.05) is 0 Å². The van der Waals surface area contributed by atoms with Gasteiger partial charge in [0.15, 0.2) is 24.6 Å². The van der Waals surface area contributed by atoms with Crippen molar-refractivity contribution in [1.29, 1.82) is 0 Å². The van der Waals surface area contributed by atoms with E-state index in [-0.39, 0.29) is 6.42 Å². The number of hydrogen-bond donors (Lipinski definition) is 0. The average molecular weight is 402 g/mol. The fourth-order valence-corrected chi connectivity index (χ4v) is 1.64. The zero-order valence-corrected chi connectivity index (χ0v) is 13.1. The molecule has 152 valence electrons. The Balaban J connectivity index is 6.75. The van der Waals surface area contributed by atoms with Gasteiger partial charge < -0.3 is 0 Å². The fourth-order valence-electron chi connectivity index (χ4n) is 1.64.